The first-order chi connectivity index (χ1) is 6.72. The Morgan fingerprint density at radius 3 is 2.64 bits per heavy atom. The first-order valence-corrected chi connectivity index (χ1v) is 5.64. The van der Waals surface area contributed by atoms with Gasteiger partial charge in [0.1, 0.15) is 0 Å². The Morgan fingerprint density at radius 2 is 2.14 bits per heavy atom. The predicted molar refractivity (Wildman–Crippen MR) is 58.1 cm³/mol. The Labute approximate surface area is 86.6 Å². The minimum Gasteiger partial charge on any atom is -0.359 e. The minimum atomic E-state index is 0.123. The van der Waals surface area contributed by atoms with Gasteiger partial charge in [-0.05, 0) is 24.7 Å². The maximum atomic E-state index is 10.9. The van der Waals surface area contributed by atoms with Gasteiger partial charge in [-0.1, -0.05) is 13.3 Å². The topological polar surface area (TPSA) is 41.1 Å². The van der Waals surface area contributed by atoms with Gasteiger partial charge in [-0.25, -0.2) is 0 Å². The molecule has 3 nitrogen and oxygen atoms in total. The lowest BCUT2D eigenvalue weighted by atomic mass is 10.0. The maximum absolute atomic E-state index is 10.9. The van der Waals surface area contributed by atoms with E-state index >= 15 is 0 Å². The second-order valence-electron chi connectivity index (χ2n) is 4.35. The van der Waals surface area contributed by atoms with Gasteiger partial charge in [-0.3, -0.25) is 4.79 Å². The molecule has 1 rings (SSSR count). The Bertz CT molecular complexity index is 188. The summed E-state index contributed by atoms with van der Waals surface area (Å²) >= 11 is 0. The molecular weight excluding hydrogens is 176 g/mol. The molecule has 0 heterocycles. The molecule has 2 N–H and O–H groups in total. The van der Waals surface area contributed by atoms with Crippen LogP contribution in [0.15, 0.2) is 0 Å². The summed E-state index contributed by atoms with van der Waals surface area (Å²) in [5.41, 5.74) is 0.595. The molecule has 0 saturated heterocycles. The molecule has 0 radical (unpaired) electrons. The second-order valence-corrected chi connectivity index (χ2v) is 4.35. The van der Waals surface area contributed by atoms with Crippen LogP contribution in [-0.2, 0) is 4.79 Å². The van der Waals surface area contributed by atoms with Crippen LogP contribution in [-0.4, -0.2) is 26.0 Å². The van der Waals surface area contributed by atoms with Gasteiger partial charge in [-0.2, -0.15) is 0 Å². The van der Waals surface area contributed by atoms with Crippen molar-refractivity contribution in [2.75, 3.05) is 20.1 Å². The van der Waals surface area contributed by atoms with E-state index in [0.717, 1.165) is 13.1 Å². The summed E-state index contributed by atoms with van der Waals surface area (Å²) in [6.07, 6.45) is 5.94. The van der Waals surface area contributed by atoms with Gasteiger partial charge in [0.05, 0.1) is 0 Å². The summed E-state index contributed by atoms with van der Waals surface area (Å²) in [7, 11) is 1.68. The van der Waals surface area contributed by atoms with Gasteiger partial charge in [0, 0.05) is 26.6 Å². The van der Waals surface area contributed by atoms with Gasteiger partial charge in [0.15, 0.2) is 0 Å². The van der Waals surface area contributed by atoms with Gasteiger partial charge in [-0.15, -0.1) is 0 Å². The lowest BCUT2D eigenvalue weighted by Crippen LogP contribution is -2.29. The molecule has 3 heteroatoms. The van der Waals surface area contributed by atoms with Crippen LogP contribution in [0.25, 0.3) is 0 Å². The quantitative estimate of drug-likeness (QED) is 0.605. The molecule has 0 spiro atoms. The van der Waals surface area contributed by atoms with Crippen molar-refractivity contribution in [1.82, 2.24) is 10.6 Å². The zero-order valence-electron chi connectivity index (χ0n) is 9.36. The molecular formula is C11H22N2O. The fourth-order valence-electron chi connectivity index (χ4n) is 1.90. The Hall–Kier alpha value is -0.570. The Balaban J connectivity index is 2.01. The third-order valence-corrected chi connectivity index (χ3v) is 3.05. The van der Waals surface area contributed by atoms with E-state index in [9.17, 15) is 4.79 Å². The number of carbonyl (C=O) groups excluding carboxylic acids is 1. The number of rotatable bonds is 7. The molecule has 1 aliphatic carbocycles. The number of carbonyl (C=O) groups is 1. The molecule has 0 aromatic rings. The lowest BCUT2D eigenvalue weighted by Gasteiger charge is -2.14. The standard InChI is InChI=1S/C11H22N2O/c1-3-5-11(6-7-11)9-13-8-4-10(14)12-2/h13H,3-9H2,1-2H3,(H,12,14). The van der Waals surface area contributed by atoms with Gasteiger partial charge in [0.2, 0.25) is 5.91 Å². The van der Waals surface area contributed by atoms with Crippen molar-refractivity contribution >= 4 is 5.91 Å². The molecule has 0 aromatic heterocycles. The van der Waals surface area contributed by atoms with Crippen molar-refractivity contribution in [1.29, 1.82) is 0 Å². The van der Waals surface area contributed by atoms with Gasteiger partial charge in [0.25, 0.3) is 0 Å². The van der Waals surface area contributed by atoms with Crippen molar-refractivity contribution in [3.63, 3.8) is 0 Å². The summed E-state index contributed by atoms with van der Waals surface area (Å²) in [4.78, 5) is 10.9. The monoisotopic (exact) mass is 198 g/mol. The van der Waals surface area contributed by atoms with Gasteiger partial charge >= 0.3 is 0 Å². The molecule has 0 atom stereocenters. The van der Waals surface area contributed by atoms with Crippen LogP contribution < -0.4 is 10.6 Å². The number of amides is 1. The van der Waals surface area contributed by atoms with Crippen LogP contribution in [0.3, 0.4) is 0 Å². The van der Waals surface area contributed by atoms with E-state index in [0.29, 0.717) is 11.8 Å². The van der Waals surface area contributed by atoms with E-state index in [1.807, 2.05) is 0 Å². The fraction of sp³-hybridized carbons (Fsp3) is 0.909. The van der Waals surface area contributed by atoms with Gasteiger partial charge < -0.3 is 10.6 Å². The first-order valence-electron chi connectivity index (χ1n) is 5.64. The van der Waals surface area contributed by atoms with Crippen LogP contribution in [0.1, 0.15) is 39.0 Å². The molecule has 0 aromatic carbocycles. The molecule has 0 unspecified atom stereocenters. The van der Waals surface area contributed by atoms with Crippen LogP contribution in [0, 0.1) is 5.41 Å². The summed E-state index contributed by atoms with van der Waals surface area (Å²) in [6, 6.07) is 0. The van der Waals surface area contributed by atoms with Crippen molar-refractivity contribution in [3.8, 4) is 0 Å². The van der Waals surface area contributed by atoms with E-state index in [4.69, 9.17) is 0 Å². The lowest BCUT2D eigenvalue weighted by molar-refractivity contribution is -0.120. The van der Waals surface area contributed by atoms with Crippen LogP contribution in [0.4, 0.5) is 0 Å². The molecule has 1 saturated carbocycles. The molecule has 0 aliphatic heterocycles. The maximum Gasteiger partial charge on any atom is 0.221 e. The minimum absolute atomic E-state index is 0.123. The van der Waals surface area contributed by atoms with Crippen LogP contribution >= 0.6 is 0 Å². The predicted octanol–water partition coefficient (Wildman–Crippen LogP) is 1.29. The third kappa shape index (κ3) is 3.66. The summed E-state index contributed by atoms with van der Waals surface area (Å²) in [5.74, 6) is 0.123. The fourth-order valence-corrected chi connectivity index (χ4v) is 1.90. The highest BCUT2D eigenvalue weighted by Crippen LogP contribution is 2.48. The average Bonchev–Trinajstić information content (AvgIpc) is 2.93. The molecule has 14 heavy (non-hydrogen) atoms. The second kappa shape index (κ2) is 5.35. The van der Waals surface area contributed by atoms with E-state index in [-0.39, 0.29) is 5.91 Å². The molecule has 0 bridgehead atoms. The highest BCUT2D eigenvalue weighted by Gasteiger charge is 2.40. The molecule has 82 valence electrons. The highest BCUT2D eigenvalue weighted by molar-refractivity contribution is 5.75. The molecule has 1 aliphatic rings. The van der Waals surface area contributed by atoms with Crippen LogP contribution in [0.5, 0.6) is 0 Å². The van der Waals surface area contributed by atoms with Crippen molar-refractivity contribution in [2.24, 2.45) is 5.41 Å². The Morgan fingerprint density at radius 1 is 1.43 bits per heavy atom. The third-order valence-electron chi connectivity index (χ3n) is 3.05. The van der Waals surface area contributed by atoms with Crippen molar-refractivity contribution in [3.05, 3.63) is 0 Å². The SMILES string of the molecule is CCCC1(CNCCC(=O)NC)CC1. The smallest absolute Gasteiger partial charge is 0.221 e. The van der Waals surface area contributed by atoms with E-state index < -0.39 is 0 Å². The normalized spacial score (nSPS) is 17.9. The largest absolute Gasteiger partial charge is 0.359 e. The number of hydrogen-bond acceptors (Lipinski definition) is 2. The molecule has 1 amide bonds. The van der Waals surface area contributed by atoms with Crippen molar-refractivity contribution in [2.45, 2.75) is 39.0 Å². The van der Waals surface area contributed by atoms with Crippen LogP contribution in [0.2, 0.25) is 0 Å². The number of nitrogens with one attached hydrogen (secondary N) is 2. The first kappa shape index (κ1) is 11.5. The highest BCUT2D eigenvalue weighted by atomic mass is 16.1. The summed E-state index contributed by atoms with van der Waals surface area (Å²) < 4.78 is 0. The number of hydrogen-bond donors (Lipinski definition) is 2. The summed E-state index contributed by atoms with van der Waals surface area (Å²) in [6.45, 7) is 4.15. The zero-order valence-corrected chi connectivity index (χ0v) is 9.36. The zero-order chi connectivity index (χ0) is 10.4. The summed E-state index contributed by atoms with van der Waals surface area (Å²) in [5, 5.41) is 6.00. The van der Waals surface area contributed by atoms with E-state index in [2.05, 4.69) is 17.6 Å². The Kier molecular flexibility index (Phi) is 4.39. The van der Waals surface area contributed by atoms with E-state index in [1.165, 1.54) is 25.7 Å². The van der Waals surface area contributed by atoms with Crippen molar-refractivity contribution < 1.29 is 4.79 Å². The average molecular weight is 198 g/mol. The van der Waals surface area contributed by atoms with E-state index in [1.54, 1.807) is 7.05 Å². The molecule has 1 fully saturated rings.